The molecular formula is C24H31N5O5. The van der Waals surface area contributed by atoms with Crippen molar-refractivity contribution in [3.05, 3.63) is 29.3 Å². The Labute approximate surface area is 198 Å². The maximum atomic E-state index is 13.1. The Bertz CT molecular complexity index is 1010. The van der Waals surface area contributed by atoms with E-state index in [0.717, 1.165) is 62.9 Å². The van der Waals surface area contributed by atoms with Gasteiger partial charge < -0.3 is 14.9 Å². The summed E-state index contributed by atoms with van der Waals surface area (Å²) in [6.07, 6.45) is 1.44. The molecule has 4 aliphatic rings. The van der Waals surface area contributed by atoms with Gasteiger partial charge in [-0.1, -0.05) is 0 Å². The first kappa shape index (κ1) is 22.9. The predicted octanol–water partition coefficient (Wildman–Crippen LogP) is -0.476. The quantitative estimate of drug-likeness (QED) is 0.538. The van der Waals surface area contributed by atoms with Crippen molar-refractivity contribution in [3.8, 4) is 0 Å². The highest BCUT2D eigenvalue weighted by molar-refractivity contribution is 6.23. The molecule has 10 nitrogen and oxygen atoms in total. The van der Waals surface area contributed by atoms with Crippen molar-refractivity contribution in [2.24, 2.45) is 5.92 Å². The fraction of sp³-hybridized carbons (Fsp3) is 0.583. The minimum absolute atomic E-state index is 0.111. The molecule has 34 heavy (non-hydrogen) atoms. The van der Waals surface area contributed by atoms with Crippen LogP contribution in [0.5, 0.6) is 0 Å². The number of carbonyl (C=O) groups excluding carboxylic acids is 4. The third-order valence-electron chi connectivity index (χ3n) is 7.46. The van der Waals surface area contributed by atoms with Crippen molar-refractivity contribution in [2.45, 2.75) is 25.3 Å². The first-order valence-electron chi connectivity index (χ1n) is 12.1. The van der Waals surface area contributed by atoms with Crippen molar-refractivity contribution in [1.82, 2.24) is 20.0 Å². The zero-order valence-electron chi connectivity index (χ0n) is 19.2. The molecule has 0 bridgehead atoms. The smallest absolute Gasteiger partial charge is 0.262 e. The van der Waals surface area contributed by atoms with Crippen LogP contribution in [-0.2, 0) is 9.59 Å². The standard InChI is InChI=1S/C24H31N5O5/c30-12-11-26-6-5-16(14-26)15-27-7-9-28(10-8-27)17-1-2-18-19(13-17)24(34)29(23(18)33)20-3-4-21(31)25-22(20)32/h1-2,13,16,20,30H,3-12,14-15H2,(H,25,31,32)/t16-,20?/m0/s1. The molecule has 1 unspecified atom stereocenters. The Kier molecular flexibility index (Phi) is 6.37. The number of aliphatic hydroxyl groups excluding tert-OH is 1. The number of hydrogen-bond acceptors (Lipinski definition) is 8. The number of nitrogens with one attached hydrogen (secondary N) is 1. The predicted molar refractivity (Wildman–Crippen MR) is 123 cm³/mol. The van der Waals surface area contributed by atoms with Gasteiger partial charge in [-0.05, 0) is 43.5 Å². The maximum Gasteiger partial charge on any atom is 0.262 e. The summed E-state index contributed by atoms with van der Waals surface area (Å²) in [5.41, 5.74) is 1.54. The maximum absolute atomic E-state index is 13.1. The first-order chi connectivity index (χ1) is 16.4. The number of amides is 4. The van der Waals surface area contributed by atoms with E-state index in [2.05, 4.69) is 20.0 Å². The Morgan fingerprint density at radius 2 is 1.68 bits per heavy atom. The number of anilines is 1. The van der Waals surface area contributed by atoms with Gasteiger partial charge in [0.15, 0.2) is 0 Å². The molecule has 0 radical (unpaired) electrons. The number of aliphatic hydroxyl groups is 1. The van der Waals surface area contributed by atoms with E-state index in [1.165, 1.54) is 6.42 Å². The van der Waals surface area contributed by atoms with Gasteiger partial charge in [-0.25, -0.2) is 0 Å². The number of carbonyl (C=O) groups is 4. The van der Waals surface area contributed by atoms with Gasteiger partial charge in [0.05, 0.1) is 17.7 Å². The second kappa shape index (κ2) is 9.44. The topological polar surface area (TPSA) is 114 Å². The van der Waals surface area contributed by atoms with Crippen LogP contribution >= 0.6 is 0 Å². The summed E-state index contributed by atoms with van der Waals surface area (Å²) in [5.74, 6) is -1.28. The van der Waals surface area contributed by atoms with Crippen LogP contribution in [0, 0.1) is 5.92 Å². The Balaban J connectivity index is 1.21. The minimum Gasteiger partial charge on any atom is -0.395 e. The first-order valence-corrected chi connectivity index (χ1v) is 12.1. The lowest BCUT2D eigenvalue weighted by atomic mass is 10.0. The number of piperazine rings is 1. The second-order valence-electron chi connectivity index (χ2n) is 9.64. The Hall–Kier alpha value is -2.82. The van der Waals surface area contributed by atoms with E-state index >= 15 is 0 Å². The molecule has 4 heterocycles. The molecule has 1 aromatic rings. The van der Waals surface area contributed by atoms with Crippen molar-refractivity contribution in [2.75, 3.05) is 63.9 Å². The van der Waals surface area contributed by atoms with Gasteiger partial charge in [0.25, 0.3) is 11.8 Å². The van der Waals surface area contributed by atoms with E-state index in [4.69, 9.17) is 5.11 Å². The minimum atomic E-state index is -0.944. The van der Waals surface area contributed by atoms with E-state index in [1.807, 2.05) is 6.07 Å². The van der Waals surface area contributed by atoms with E-state index in [1.54, 1.807) is 12.1 Å². The van der Waals surface area contributed by atoms with Crippen LogP contribution in [0.15, 0.2) is 18.2 Å². The zero-order valence-corrected chi connectivity index (χ0v) is 19.2. The van der Waals surface area contributed by atoms with Gasteiger partial charge in [-0.15, -0.1) is 0 Å². The largest absolute Gasteiger partial charge is 0.395 e. The molecule has 3 saturated heterocycles. The molecule has 1 aromatic carbocycles. The molecule has 5 rings (SSSR count). The number of benzene rings is 1. The summed E-state index contributed by atoms with van der Waals surface area (Å²) in [5, 5.41) is 11.4. The molecule has 0 spiro atoms. The lowest BCUT2D eigenvalue weighted by molar-refractivity contribution is -0.136. The van der Waals surface area contributed by atoms with Crippen molar-refractivity contribution >= 4 is 29.3 Å². The van der Waals surface area contributed by atoms with Gasteiger partial charge >= 0.3 is 0 Å². The van der Waals surface area contributed by atoms with Gasteiger partial charge in [0.2, 0.25) is 11.8 Å². The molecule has 2 N–H and O–H groups in total. The number of likely N-dealkylation sites (tertiary alicyclic amines) is 1. The summed E-state index contributed by atoms with van der Waals surface area (Å²) in [7, 11) is 0. The molecule has 4 amide bonds. The number of fused-ring (bicyclic) bond motifs is 1. The van der Waals surface area contributed by atoms with Gasteiger partial charge in [0, 0.05) is 57.9 Å². The molecular weight excluding hydrogens is 438 g/mol. The van der Waals surface area contributed by atoms with Crippen LogP contribution in [0.3, 0.4) is 0 Å². The van der Waals surface area contributed by atoms with Crippen LogP contribution in [0.4, 0.5) is 5.69 Å². The summed E-state index contributed by atoms with van der Waals surface area (Å²) in [4.78, 5) is 57.7. The monoisotopic (exact) mass is 469 g/mol. The molecule has 0 aliphatic carbocycles. The summed E-state index contributed by atoms with van der Waals surface area (Å²) >= 11 is 0. The lowest BCUT2D eigenvalue weighted by Gasteiger charge is -2.37. The van der Waals surface area contributed by atoms with Crippen LogP contribution in [0.25, 0.3) is 0 Å². The Morgan fingerprint density at radius 1 is 0.912 bits per heavy atom. The molecule has 3 fully saturated rings. The second-order valence-corrected chi connectivity index (χ2v) is 9.64. The lowest BCUT2D eigenvalue weighted by Crippen LogP contribution is -2.54. The number of imide groups is 2. The summed E-state index contributed by atoms with van der Waals surface area (Å²) in [6, 6.07) is 4.37. The summed E-state index contributed by atoms with van der Waals surface area (Å²) in [6.45, 7) is 7.68. The van der Waals surface area contributed by atoms with Gasteiger partial charge in [0.1, 0.15) is 6.04 Å². The van der Waals surface area contributed by atoms with Crippen molar-refractivity contribution < 1.29 is 24.3 Å². The number of rotatable bonds is 6. The van der Waals surface area contributed by atoms with Gasteiger partial charge in [-0.3, -0.25) is 34.3 Å². The van der Waals surface area contributed by atoms with Gasteiger partial charge in [-0.2, -0.15) is 0 Å². The van der Waals surface area contributed by atoms with Crippen LogP contribution in [-0.4, -0.2) is 108 Å². The number of hydrogen-bond donors (Lipinski definition) is 2. The zero-order chi connectivity index (χ0) is 23.8. The normalized spacial score (nSPS) is 26.4. The summed E-state index contributed by atoms with van der Waals surface area (Å²) < 4.78 is 0. The number of β-amino-alcohol motifs (C(OH)–C–C–N with tert-alkyl or cyclic N) is 1. The molecule has 2 atom stereocenters. The van der Waals surface area contributed by atoms with Crippen molar-refractivity contribution in [1.29, 1.82) is 0 Å². The SMILES string of the molecule is O=C1CCC(N2C(=O)c3ccc(N4CCN(C[C@H]5CCN(CCO)C5)CC4)cc3C2=O)C(=O)N1. The average Bonchev–Trinajstić information content (AvgIpc) is 3.37. The van der Waals surface area contributed by atoms with Crippen molar-refractivity contribution in [3.63, 3.8) is 0 Å². The molecule has 10 heteroatoms. The van der Waals surface area contributed by atoms with Crippen LogP contribution in [0.2, 0.25) is 0 Å². The fourth-order valence-corrected chi connectivity index (χ4v) is 5.62. The Morgan fingerprint density at radius 3 is 2.41 bits per heavy atom. The van der Waals surface area contributed by atoms with E-state index < -0.39 is 23.8 Å². The number of nitrogens with zero attached hydrogens (tertiary/aromatic N) is 4. The van der Waals surface area contributed by atoms with E-state index in [0.29, 0.717) is 17.0 Å². The fourth-order valence-electron chi connectivity index (χ4n) is 5.62. The molecule has 0 saturated carbocycles. The van der Waals surface area contributed by atoms with E-state index in [-0.39, 0.29) is 25.4 Å². The van der Waals surface area contributed by atoms with Crippen LogP contribution in [0.1, 0.15) is 40.0 Å². The average molecular weight is 470 g/mol. The highest BCUT2D eigenvalue weighted by atomic mass is 16.3. The third kappa shape index (κ3) is 4.33. The van der Waals surface area contributed by atoms with Crippen LogP contribution < -0.4 is 10.2 Å². The molecule has 182 valence electrons. The number of piperidine rings is 1. The highest BCUT2D eigenvalue weighted by Gasteiger charge is 2.44. The molecule has 4 aliphatic heterocycles. The highest BCUT2D eigenvalue weighted by Crippen LogP contribution is 2.31. The molecule has 0 aromatic heterocycles. The van der Waals surface area contributed by atoms with E-state index in [9.17, 15) is 19.2 Å². The third-order valence-corrected chi connectivity index (χ3v) is 7.46.